The van der Waals surface area contributed by atoms with Gasteiger partial charge in [-0.3, -0.25) is 0 Å². The number of rotatable bonds is 4. The number of carbonyl (C=O) groups is 1. The van der Waals surface area contributed by atoms with Gasteiger partial charge >= 0.3 is 0 Å². The third-order valence-corrected chi connectivity index (χ3v) is 3.84. The van der Waals surface area contributed by atoms with Crippen LogP contribution in [-0.2, 0) is 4.79 Å². The van der Waals surface area contributed by atoms with Gasteiger partial charge in [0.15, 0.2) is 0 Å². The van der Waals surface area contributed by atoms with E-state index in [1.54, 1.807) is 6.92 Å². The van der Waals surface area contributed by atoms with Gasteiger partial charge in [-0.05, 0) is 43.9 Å². The minimum Gasteiger partial charge on any atom is -0.300 e. The second kappa shape index (κ2) is 4.99. The van der Waals surface area contributed by atoms with E-state index in [2.05, 4.69) is 33.4 Å². The van der Waals surface area contributed by atoms with E-state index in [4.69, 9.17) is 0 Å². The van der Waals surface area contributed by atoms with Crippen molar-refractivity contribution in [3.05, 3.63) is 24.3 Å². The van der Waals surface area contributed by atoms with Crippen molar-refractivity contribution >= 4 is 5.78 Å². The average Bonchev–Trinajstić information content (AvgIpc) is 2.13. The van der Waals surface area contributed by atoms with E-state index in [0.717, 1.165) is 0 Å². The maximum absolute atomic E-state index is 11.3. The lowest BCUT2D eigenvalue weighted by molar-refractivity contribution is -0.118. The number of carbonyl (C=O) groups excluding carboxylic acids is 1. The van der Waals surface area contributed by atoms with Crippen LogP contribution in [0.2, 0.25) is 0 Å². The summed E-state index contributed by atoms with van der Waals surface area (Å²) in [6.45, 7) is 12.4. The smallest absolute Gasteiger partial charge is 0.130 e. The minimum absolute atomic E-state index is 0.263. The van der Waals surface area contributed by atoms with Crippen LogP contribution >= 0.6 is 0 Å². The molecule has 0 heterocycles. The van der Waals surface area contributed by atoms with Gasteiger partial charge in [0.25, 0.3) is 0 Å². The Balaban J connectivity index is 2.96. The fourth-order valence-corrected chi connectivity index (χ4v) is 3.16. The van der Waals surface area contributed by atoms with E-state index >= 15 is 0 Å². The molecule has 0 fully saturated rings. The van der Waals surface area contributed by atoms with Crippen molar-refractivity contribution in [1.29, 1.82) is 0 Å². The van der Waals surface area contributed by atoms with Crippen molar-refractivity contribution in [3.8, 4) is 0 Å². The Hall–Kier alpha value is -0.850. The predicted molar refractivity (Wildman–Crippen MR) is 69.2 cm³/mol. The van der Waals surface area contributed by atoms with Crippen LogP contribution in [0.4, 0.5) is 0 Å². The van der Waals surface area contributed by atoms with Gasteiger partial charge in [-0.25, -0.2) is 0 Å². The van der Waals surface area contributed by atoms with Crippen molar-refractivity contribution in [2.45, 2.75) is 47.0 Å². The first-order chi connectivity index (χ1) is 7.38. The molecule has 0 saturated carbocycles. The molecule has 1 aliphatic rings. The highest BCUT2D eigenvalue weighted by atomic mass is 16.1. The minimum atomic E-state index is 0.263. The van der Waals surface area contributed by atoms with Gasteiger partial charge in [-0.1, -0.05) is 31.6 Å². The summed E-state index contributed by atoms with van der Waals surface area (Å²) in [6, 6.07) is 0. The van der Waals surface area contributed by atoms with Gasteiger partial charge in [-0.15, -0.1) is 6.58 Å². The molecule has 2 unspecified atom stereocenters. The molecule has 2 atom stereocenters. The SMILES string of the molecule is C=CC(CC(C)=O)C1C(C)=CCCC1(C)C. The van der Waals surface area contributed by atoms with Crippen LogP contribution in [0, 0.1) is 17.3 Å². The first kappa shape index (κ1) is 13.2. The highest BCUT2D eigenvalue weighted by Gasteiger charge is 2.37. The second-order valence-corrected chi connectivity index (χ2v) is 5.76. The molecule has 0 bridgehead atoms. The largest absolute Gasteiger partial charge is 0.300 e. The lowest BCUT2D eigenvalue weighted by Crippen LogP contribution is -2.34. The fourth-order valence-electron chi connectivity index (χ4n) is 3.16. The average molecular weight is 220 g/mol. The Kier molecular flexibility index (Phi) is 4.12. The molecule has 0 aromatic heterocycles. The molecule has 0 saturated heterocycles. The van der Waals surface area contributed by atoms with Crippen LogP contribution in [0.25, 0.3) is 0 Å². The Morgan fingerprint density at radius 1 is 1.69 bits per heavy atom. The van der Waals surface area contributed by atoms with E-state index in [1.165, 1.54) is 18.4 Å². The zero-order chi connectivity index (χ0) is 12.3. The molecule has 0 N–H and O–H groups in total. The molecule has 0 amide bonds. The van der Waals surface area contributed by atoms with Crippen LogP contribution in [0.3, 0.4) is 0 Å². The molecule has 1 heteroatoms. The van der Waals surface area contributed by atoms with Crippen LogP contribution in [0.15, 0.2) is 24.3 Å². The van der Waals surface area contributed by atoms with Crippen LogP contribution in [0.5, 0.6) is 0 Å². The van der Waals surface area contributed by atoms with Crippen LogP contribution in [-0.4, -0.2) is 5.78 Å². The summed E-state index contributed by atoms with van der Waals surface area (Å²) in [5, 5.41) is 0. The zero-order valence-corrected chi connectivity index (χ0v) is 11.0. The predicted octanol–water partition coefficient (Wildman–Crippen LogP) is 4.15. The Morgan fingerprint density at radius 3 is 2.75 bits per heavy atom. The number of hydrogen-bond acceptors (Lipinski definition) is 1. The van der Waals surface area contributed by atoms with E-state index in [-0.39, 0.29) is 11.2 Å². The van der Waals surface area contributed by atoms with Gasteiger partial charge in [0.2, 0.25) is 0 Å². The van der Waals surface area contributed by atoms with E-state index in [1.807, 2.05) is 6.08 Å². The molecule has 0 radical (unpaired) electrons. The highest BCUT2D eigenvalue weighted by molar-refractivity contribution is 5.76. The van der Waals surface area contributed by atoms with Crippen LogP contribution < -0.4 is 0 Å². The summed E-state index contributed by atoms with van der Waals surface area (Å²) in [6.07, 6.45) is 7.29. The summed E-state index contributed by atoms with van der Waals surface area (Å²) in [5.74, 6) is 1.03. The fraction of sp³-hybridized carbons (Fsp3) is 0.667. The molecular formula is C15H24O. The van der Waals surface area contributed by atoms with Crippen molar-refractivity contribution in [1.82, 2.24) is 0 Å². The van der Waals surface area contributed by atoms with Crippen molar-refractivity contribution < 1.29 is 4.79 Å². The topological polar surface area (TPSA) is 17.1 Å². The molecule has 1 rings (SSSR count). The van der Waals surface area contributed by atoms with Crippen molar-refractivity contribution in [3.63, 3.8) is 0 Å². The summed E-state index contributed by atoms with van der Waals surface area (Å²) >= 11 is 0. The van der Waals surface area contributed by atoms with Gasteiger partial charge in [0, 0.05) is 6.42 Å². The molecule has 0 spiro atoms. The quantitative estimate of drug-likeness (QED) is 0.650. The molecule has 90 valence electrons. The summed E-state index contributed by atoms with van der Waals surface area (Å²) in [4.78, 5) is 11.3. The number of allylic oxidation sites excluding steroid dienone is 3. The lowest BCUT2D eigenvalue weighted by atomic mass is 9.63. The van der Waals surface area contributed by atoms with Crippen molar-refractivity contribution in [2.75, 3.05) is 0 Å². The molecule has 0 aromatic rings. The summed E-state index contributed by atoms with van der Waals surface area (Å²) < 4.78 is 0. The zero-order valence-electron chi connectivity index (χ0n) is 11.0. The standard InChI is InChI=1S/C15H24O/c1-6-13(10-12(3)16)14-11(2)8-7-9-15(14,4)5/h6,8,13-14H,1,7,9-10H2,2-5H3. The number of Topliss-reactive ketones (excluding diaryl/α,β-unsaturated/α-hetero) is 1. The third-order valence-electron chi connectivity index (χ3n) is 3.84. The molecular weight excluding hydrogens is 196 g/mol. The first-order valence-electron chi connectivity index (χ1n) is 6.17. The molecule has 0 aliphatic heterocycles. The molecule has 0 aromatic carbocycles. The molecule has 16 heavy (non-hydrogen) atoms. The summed E-state index contributed by atoms with van der Waals surface area (Å²) in [7, 11) is 0. The Bertz CT molecular complexity index is 309. The maximum Gasteiger partial charge on any atom is 0.130 e. The molecule has 1 aliphatic carbocycles. The van der Waals surface area contributed by atoms with Crippen LogP contribution in [0.1, 0.15) is 47.0 Å². The van der Waals surface area contributed by atoms with Crippen molar-refractivity contribution in [2.24, 2.45) is 17.3 Å². The second-order valence-electron chi connectivity index (χ2n) is 5.76. The van der Waals surface area contributed by atoms with E-state index < -0.39 is 0 Å². The normalized spacial score (nSPS) is 25.8. The number of hydrogen-bond donors (Lipinski definition) is 0. The maximum atomic E-state index is 11.3. The van der Waals surface area contributed by atoms with Gasteiger partial charge in [0.1, 0.15) is 5.78 Å². The molecule has 1 nitrogen and oxygen atoms in total. The Morgan fingerprint density at radius 2 is 2.31 bits per heavy atom. The van der Waals surface area contributed by atoms with Gasteiger partial charge < -0.3 is 4.79 Å². The third kappa shape index (κ3) is 2.84. The first-order valence-corrected chi connectivity index (χ1v) is 6.17. The monoisotopic (exact) mass is 220 g/mol. The van der Waals surface area contributed by atoms with E-state index in [0.29, 0.717) is 18.3 Å². The lowest BCUT2D eigenvalue weighted by Gasteiger charge is -2.42. The van der Waals surface area contributed by atoms with E-state index in [9.17, 15) is 4.79 Å². The van der Waals surface area contributed by atoms with Gasteiger partial charge in [0.05, 0.1) is 0 Å². The summed E-state index contributed by atoms with van der Waals surface area (Å²) in [5.41, 5.74) is 1.72. The highest BCUT2D eigenvalue weighted by Crippen LogP contribution is 2.46. The Labute approximate surface area is 99.6 Å². The van der Waals surface area contributed by atoms with Gasteiger partial charge in [-0.2, -0.15) is 0 Å². The number of ketones is 1.